The second-order valence-corrected chi connectivity index (χ2v) is 4.75. The molecule has 2 heterocycles. The predicted molar refractivity (Wildman–Crippen MR) is 60.7 cm³/mol. The van der Waals surface area contributed by atoms with Gasteiger partial charge in [-0.3, -0.25) is 9.48 Å². The van der Waals surface area contributed by atoms with Crippen LogP contribution in [-0.4, -0.2) is 15.6 Å². The largest absolute Gasteiger partial charge is 0.287 e. The van der Waals surface area contributed by atoms with E-state index in [4.69, 9.17) is 11.6 Å². The molecule has 0 fully saturated rings. The van der Waals surface area contributed by atoms with Crippen LogP contribution in [0.4, 0.5) is 0 Å². The Morgan fingerprint density at radius 2 is 2.33 bits per heavy atom. The van der Waals surface area contributed by atoms with Gasteiger partial charge < -0.3 is 0 Å². The minimum Gasteiger partial charge on any atom is -0.287 e. The van der Waals surface area contributed by atoms with E-state index in [-0.39, 0.29) is 5.78 Å². The average Bonchev–Trinajstić information content (AvgIpc) is 2.71. The summed E-state index contributed by atoms with van der Waals surface area (Å²) in [4.78, 5) is 12.0. The molecule has 3 nitrogen and oxygen atoms in total. The first kappa shape index (κ1) is 10.4. The number of hydrogen-bond donors (Lipinski definition) is 0. The molecule has 78 valence electrons. The Morgan fingerprint density at radius 3 is 2.80 bits per heavy atom. The van der Waals surface area contributed by atoms with Crippen molar-refractivity contribution in [1.82, 2.24) is 9.78 Å². The van der Waals surface area contributed by atoms with Crippen LogP contribution in [0.2, 0.25) is 4.34 Å². The second kappa shape index (κ2) is 3.79. The lowest BCUT2D eigenvalue weighted by Gasteiger charge is -1.98. The molecule has 15 heavy (non-hydrogen) atoms. The Balaban J connectivity index is 2.45. The molecule has 0 bridgehead atoms. The number of thiophene rings is 1. The minimum absolute atomic E-state index is 0.0793. The molecule has 5 heteroatoms. The van der Waals surface area contributed by atoms with E-state index < -0.39 is 0 Å². The van der Waals surface area contributed by atoms with Crippen molar-refractivity contribution in [1.29, 1.82) is 0 Å². The molecule has 0 aromatic carbocycles. The summed E-state index contributed by atoms with van der Waals surface area (Å²) in [5, 5.41) is 5.93. The molecule has 2 aromatic heterocycles. The third kappa shape index (κ3) is 1.82. The lowest BCUT2D eigenvalue weighted by atomic mass is 10.1. The molecule has 0 aliphatic rings. The van der Waals surface area contributed by atoms with Gasteiger partial charge in [0.05, 0.1) is 11.3 Å². The van der Waals surface area contributed by atoms with Gasteiger partial charge in [-0.15, -0.1) is 11.3 Å². The van der Waals surface area contributed by atoms with Gasteiger partial charge in [0.2, 0.25) is 5.78 Å². The molecule has 0 N–H and O–H groups in total. The third-order valence-corrected chi connectivity index (χ3v) is 3.27. The molecule has 0 aliphatic carbocycles. The number of aryl methyl sites for hydroxylation is 2. The van der Waals surface area contributed by atoms with Gasteiger partial charge in [0.1, 0.15) is 10.0 Å². The molecule has 0 saturated heterocycles. The average molecular weight is 241 g/mol. The summed E-state index contributed by atoms with van der Waals surface area (Å²) in [5.41, 5.74) is 1.93. The van der Waals surface area contributed by atoms with Crippen LogP contribution in [0.5, 0.6) is 0 Å². The molecular weight excluding hydrogens is 232 g/mol. The van der Waals surface area contributed by atoms with Crippen LogP contribution in [0, 0.1) is 6.92 Å². The third-order valence-electron chi connectivity index (χ3n) is 2.10. The number of carbonyl (C=O) groups excluding carboxylic acids is 1. The maximum atomic E-state index is 12.0. The summed E-state index contributed by atoms with van der Waals surface area (Å²) in [6.07, 6.45) is 0. The van der Waals surface area contributed by atoms with Crippen molar-refractivity contribution in [2.24, 2.45) is 7.05 Å². The lowest BCUT2D eigenvalue weighted by Crippen LogP contribution is -2.07. The molecule has 0 aliphatic heterocycles. The highest BCUT2D eigenvalue weighted by Crippen LogP contribution is 2.25. The molecule has 0 saturated carbocycles. The Hall–Kier alpha value is -1.13. The van der Waals surface area contributed by atoms with Gasteiger partial charge in [-0.25, -0.2) is 0 Å². The van der Waals surface area contributed by atoms with Crippen LogP contribution >= 0.6 is 22.9 Å². The van der Waals surface area contributed by atoms with Gasteiger partial charge in [0.15, 0.2) is 0 Å². The highest BCUT2D eigenvalue weighted by Gasteiger charge is 2.17. The highest BCUT2D eigenvalue weighted by molar-refractivity contribution is 7.14. The first-order valence-electron chi connectivity index (χ1n) is 4.38. The predicted octanol–water partition coefficient (Wildman–Crippen LogP) is 2.67. The Labute approximate surface area is 96.3 Å². The zero-order valence-corrected chi connectivity index (χ0v) is 9.89. The minimum atomic E-state index is -0.0793. The van der Waals surface area contributed by atoms with Crippen molar-refractivity contribution in [2.75, 3.05) is 0 Å². The fraction of sp³-hybridized carbons (Fsp3) is 0.200. The maximum absolute atomic E-state index is 12.0. The summed E-state index contributed by atoms with van der Waals surface area (Å²) in [5.74, 6) is -0.0793. The van der Waals surface area contributed by atoms with Gasteiger partial charge >= 0.3 is 0 Å². The first-order chi connectivity index (χ1) is 7.09. The van der Waals surface area contributed by atoms with Gasteiger partial charge in [0.25, 0.3) is 0 Å². The number of ketones is 1. The zero-order valence-electron chi connectivity index (χ0n) is 8.32. The van der Waals surface area contributed by atoms with E-state index in [9.17, 15) is 4.79 Å². The first-order valence-corrected chi connectivity index (χ1v) is 5.63. The summed E-state index contributed by atoms with van der Waals surface area (Å²) in [6.45, 7) is 1.85. The molecule has 2 aromatic rings. The quantitative estimate of drug-likeness (QED) is 0.757. The van der Waals surface area contributed by atoms with Crippen LogP contribution < -0.4 is 0 Å². The van der Waals surface area contributed by atoms with Gasteiger partial charge in [0, 0.05) is 7.05 Å². The summed E-state index contributed by atoms with van der Waals surface area (Å²) >= 11 is 7.27. The standard InChI is InChI=1S/C10H9ClN2OS/c1-6-5-8(13(2)12-6)9(14)7-3-4-15-10(7)11/h3-5H,1-2H3. The van der Waals surface area contributed by atoms with Gasteiger partial charge in [-0.2, -0.15) is 5.10 Å². The van der Waals surface area contributed by atoms with Gasteiger partial charge in [-0.05, 0) is 24.4 Å². The molecule has 0 unspecified atom stereocenters. The SMILES string of the molecule is Cc1cc(C(=O)c2ccsc2Cl)n(C)n1. The van der Waals surface area contributed by atoms with Crippen molar-refractivity contribution < 1.29 is 4.79 Å². The highest BCUT2D eigenvalue weighted by atomic mass is 35.5. The fourth-order valence-corrected chi connectivity index (χ4v) is 2.33. The maximum Gasteiger partial charge on any atom is 0.213 e. The number of rotatable bonds is 2. The van der Waals surface area contributed by atoms with Crippen molar-refractivity contribution in [3.05, 3.63) is 38.8 Å². The number of nitrogens with zero attached hydrogens (tertiary/aromatic N) is 2. The van der Waals surface area contributed by atoms with Crippen molar-refractivity contribution in [3.63, 3.8) is 0 Å². The monoisotopic (exact) mass is 240 g/mol. The van der Waals surface area contributed by atoms with E-state index in [1.807, 2.05) is 6.92 Å². The van der Waals surface area contributed by atoms with Crippen LogP contribution in [0.3, 0.4) is 0 Å². The topological polar surface area (TPSA) is 34.9 Å². The number of hydrogen-bond acceptors (Lipinski definition) is 3. The summed E-state index contributed by atoms with van der Waals surface area (Å²) in [6, 6.07) is 3.49. The zero-order chi connectivity index (χ0) is 11.0. The van der Waals surface area contributed by atoms with E-state index in [1.165, 1.54) is 11.3 Å². The van der Waals surface area contributed by atoms with E-state index in [1.54, 1.807) is 29.2 Å². The lowest BCUT2D eigenvalue weighted by molar-refractivity contribution is 0.103. The van der Waals surface area contributed by atoms with Crippen LogP contribution in [0.15, 0.2) is 17.5 Å². The van der Waals surface area contributed by atoms with Crippen LogP contribution in [0.25, 0.3) is 0 Å². The molecule has 0 amide bonds. The molecule has 0 radical (unpaired) electrons. The Kier molecular flexibility index (Phi) is 2.63. The Morgan fingerprint density at radius 1 is 1.60 bits per heavy atom. The second-order valence-electron chi connectivity index (χ2n) is 3.23. The van der Waals surface area contributed by atoms with Gasteiger partial charge in [-0.1, -0.05) is 11.6 Å². The molecule has 2 rings (SSSR count). The van der Waals surface area contributed by atoms with E-state index in [2.05, 4.69) is 5.10 Å². The molecule has 0 spiro atoms. The van der Waals surface area contributed by atoms with Crippen molar-refractivity contribution in [3.8, 4) is 0 Å². The van der Waals surface area contributed by atoms with E-state index in [0.717, 1.165) is 5.69 Å². The van der Waals surface area contributed by atoms with E-state index >= 15 is 0 Å². The number of carbonyl (C=O) groups is 1. The smallest absolute Gasteiger partial charge is 0.213 e. The van der Waals surface area contributed by atoms with Crippen molar-refractivity contribution in [2.45, 2.75) is 6.92 Å². The van der Waals surface area contributed by atoms with E-state index in [0.29, 0.717) is 15.6 Å². The fourth-order valence-electron chi connectivity index (χ4n) is 1.42. The summed E-state index contributed by atoms with van der Waals surface area (Å²) in [7, 11) is 1.75. The van der Waals surface area contributed by atoms with Crippen LogP contribution in [0.1, 0.15) is 21.7 Å². The number of aromatic nitrogens is 2. The molecule has 0 atom stereocenters. The van der Waals surface area contributed by atoms with Crippen molar-refractivity contribution >= 4 is 28.7 Å². The van der Waals surface area contributed by atoms with Crippen LogP contribution in [-0.2, 0) is 7.05 Å². The summed E-state index contributed by atoms with van der Waals surface area (Å²) < 4.78 is 2.10. The normalized spacial score (nSPS) is 10.6. The number of halogens is 1. The molecular formula is C10H9ClN2OS. The Bertz CT molecular complexity index is 515.